The lowest BCUT2D eigenvalue weighted by Gasteiger charge is -2.09. The summed E-state index contributed by atoms with van der Waals surface area (Å²) in [7, 11) is 0. The number of hydrogen-bond donors (Lipinski definition) is 1. The van der Waals surface area contributed by atoms with Crippen LogP contribution in [0.2, 0.25) is 10.0 Å². The third kappa shape index (κ3) is 3.23. The van der Waals surface area contributed by atoms with Crippen molar-refractivity contribution in [2.24, 2.45) is 0 Å². The molecule has 0 spiro atoms. The summed E-state index contributed by atoms with van der Waals surface area (Å²) in [6, 6.07) is 3.28. The standard InChI is InChI=1S/C13H10Cl2N2O2S/c1-6-3-7(2)17-12(10(6)13(18)19)20-11-9(15)4-8(14)5-16-11/h3-5H,1-2H3,(H,18,19). The monoisotopic (exact) mass is 328 g/mol. The van der Waals surface area contributed by atoms with Crippen LogP contribution in [-0.2, 0) is 0 Å². The Hall–Kier alpha value is -1.30. The number of aromatic carboxylic acids is 1. The molecule has 2 aromatic rings. The number of carboxylic acid groups (broad SMARTS) is 1. The number of halogens is 2. The Balaban J connectivity index is 2.50. The molecule has 0 aliphatic carbocycles. The molecule has 0 radical (unpaired) electrons. The van der Waals surface area contributed by atoms with E-state index in [2.05, 4.69) is 9.97 Å². The Kier molecular flexibility index (Phi) is 4.52. The normalized spacial score (nSPS) is 10.6. The van der Waals surface area contributed by atoms with Crippen LogP contribution < -0.4 is 0 Å². The number of hydrogen-bond acceptors (Lipinski definition) is 4. The number of aryl methyl sites for hydroxylation is 2. The van der Waals surface area contributed by atoms with E-state index in [1.165, 1.54) is 6.20 Å². The Labute approximate surface area is 130 Å². The highest BCUT2D eigenvalue weighted by molar-refractivity contribution is 7.99. The largest absolute Gasteiger partial charge is 0.478 e. The van der Waals surface area contributed by atoms with Gasteiger partial charge in [-0.3, -0.25) is 0 Å². The van der Waals surface area contributed by atoms with E-state index in [0.717, 1.165) is 17.5 Å². The summed E-state index contributed by atoms with van der Waals surface area (Å²) < 4.78 is 0. The van der Waals surface area contributed by atoms with Gasteiger partial charge in [0.05, 0.1) is 15.6 Å². The molecule has 0 saturated heterocycles. The second-order valence-electron chi connectivity index (χ2n) is 4.11. The van der Waals surface area contributed by atoms with Gasteiger partial charge in [-0.2, -0.15) is 0 Å². The van der Waals surface area contributed by atoms with E-state index in [1.54, 1.807) is 26.0 Å². The molecular formula is C13H10Cl2N2O2S. The molecule has 104 valence electrons. The lowest BCUT2D eigenvalue weighted by Crippen LogP contribution is -2.05. The number of aromatic nitrogens is 2. The highest BCUT2D eigenvalue weighted by atomic mass is 35.5. The van der Waals surface area contributed by atoms with E-state index in [9.17, 15) is 9.90 Å². The van der Waals surface area contributed by atoms with Crippen LogP contribution in [0.25, 0.3) is 0 Å². The maximum atomic E-state index is 11.4. The fraction of sp³-hybridized carbons (Fsp3) is 0.154. The van der Waals surface area contributed by atoms with Crippen LogP contribution in [0.1, 0.15) is 21.6 Å². The first kappa shape index (κ1) is 15.1. The molecule has 20 heavy (non-hydrogen) atoms. The Morgan fingerprint density at radius 3 is 2.55 bits per heavy atom. The van der Waals surface area contributed by atoms with Gasteiger partial charge in [-0.15, -0.1) is 0 Å². The van der Waals surface area contributed by atoms with E-state index < -0.39 is 5.97 Å². The van der Waals surface area contributed by atoms with Crippen LogP contribution in [0.15, 0.2) is 28.4 Å². The van der Waals surface area contributed by atoms with Gasteiger partial charge in [-0.25, -0.2) is 14.8 Å². The predicted molar refractivity (Wildman–Crippen MR) is 79.1 cm³/mol. The Morgan fingerprint density at radius 2 is 1.95 bits per heavy atom. The number of carbonyl (C=O) groups is 1. The number of carboxylic acids is 1. The second kappa shape index (κ2) is 5.99. The lowest BCUT2D eigenvalue weighted by atomic mass is 10.1. The quantitative estimate of drug-likeness (QED) is 0.912. The van der Waals surface area contributed by atoms with Crippen molar-refractivity contribution >= 4 is 40.9 Å². The van der Waals surface area contributed by atoms with Gasteiger partial charge in [-0.1, -0.05) is 23.2 Å². The molecule has 0 amide bonds. The zero-order chi connectivity index (χ0) is 14.9. The summed E-state index contributed by atoms with van der Waals surface area (Å²) in [6.45, 7) is 3.54. The van der Waals surface area contributed by atoms with Crippen LogP contribution in [0.3, 0.4) is 0 Å². The molecule has 2 rings (SSSR count). The van der Waals surface area contributed by atoms with Gasteiger partial charge in [0.2, 0.25) is 0 Å². The molecule has 7 heteroatoms. The molecule has 0 saturated carbocycles. The van der Waals surface area contributed by atoms with Gasteiger partial charge in [-0.05, 0) is 43.3 Å². The lowest BCUT2D eigenvalue weighted by molar-refractivity contribution is 0.0691. The highest BCUT2D eigenvalue weighted by Crippen LogP contribution is 2.34. The van der Waals surface area contributed by atoms with Crippen molar-refractivity contribution in [3.05, 3.63) is 45.2 Å². The van der Waals surface area contributed by atoms with Crippen molar-refractivity contribution in [1.82, 2.24) is 9.97 Å². The SMILES string of the molecule is Cc1cc(C)c(C(=O)O)c(Sc2ncc(Cl)cc2Cl)n1. The molecule has 4 nitrogen and oxygen atoms in total. The molecule has 0 aromatic carbocycles. The third-order valence-electron chi connectivity index (χ3n) is 2.49. The van der Waals surface area contributed by atoms with Crippen molar-refractivity contribution in [1.29, 1.82) is 0 Å². The van der Waals surface area contributed by atoms with Crippen molar-refractivity contribution < 1.29 is 9.90 Å². The Morgan fingerprint density at radius 1 is 1.25 bits per heavy atom. The molecule has 1 N–H and O–H groups in total. The van der Waals surface area contributed by atoms with Crippen molar-refractivity contribution in [3.8, 4) is 0 Å². The van der Waals surface area contributed by atoms with Crippen LogP contribution >= 0.6 is 35.0 Å². The van der Waals surface area contributed by atoms with Gasteiger partial charge in [0, 0.05) is 11.9 Å². The van der Waals surface area contributed by atoms with Gasteiger partial charge < -0.3 is 5.11 Å². The first-order valence-corrected chi connectivity index (χ1v) is 7.16. The smallest absolute Gasteiger partial charge is 0.338 e. The Bertz CT molecular complexity index is 692. The summed E-state index contributed by atoms with van der Waals surface area (Å²) in [5.74, 6) is -1.03. The average molecular weight is 329 g/mol. The van der Waals surface area contributed by atoms with Crippen LogP contribution in [0.5, 0.6) is 0 Å². The average Bonchev–Trinajstić information content (AvgIpc) is 2.31. The summed E-state index contributed by atoms with van der Waals surface area (Å²) in [5, 5.41) is 10.9. The van der Waals surface area contributed by atoms with E-state index >= 15 is 0 Å². The maximum absolute atomic E-state index is 11.4. The molecule has 0 aliphatic rings. The molecule has 0 fully saturated rings. The fourth-order valence-corrected chi connectivity index (χ4v) is 3.19. The second-order valence-corrected chi connectivity index (χ2v) is 5.93. The highest BCUT2D eigenvalue weighted by Gasteiger charge is 2.18. The minimum atomic E-state index is -1.03. The van der Waals surface area contributed by atoms with E-state index in [-0.39, 0.29) is 5.56 Å². The van der Waals surface area contributed by atoms with E-state index in [4.69, 9.17) is 23.2 Å². The minimum absolute atomic E-state index is 0.161. The van der Waals surface area contributed by atoms with Crippen molar-refractivity contribution in [3.63, 3.8) is 0 Å². The van der Waals surface area contributed by atoms with Gasteiger partial charge >= 0.3 is 5.97 Å². The maximum Gasteiger partial charge on any atom is 0.338 e. The molecular weight excluding hydrogens is 319 g/mol. The van der Waals surface area contributed by atoms with E-state index in [0.29, 0.717) is 25.7 Å². The molecule has 2 heterocycles. The van der Waals surface area contributed by atoms with Crippen molar-refractivity contribution in [2.45, 2.75) is 23.9 Å². The van der Waals surface area contributed by atoms with E-state index in [1.807, 2.05) is 0 Å². The summed E-state index contributed by atoms with van der Waals surface area (Å²) in [4.78, 5) is 19.7. The minimum Gasteiger partial charge on any atom is -0.478 e. The molecule has 2 aromatic heterocycles. The van der Waals surface area contributed by atoms with Crippen LogP contribution in [0.4, 0.5) is 0 Å². The van der Waals surface area contributed by atoms with Gasteiger partial charge in [0.15, 0.2) is 0 Å². The van der Waals surface area contributed by atoms with Crippen LogP contribution in [0, 0.1) is 13.8 Å². The fourth-order valence-electron chi connectivity index (χ4n) is 1.71. The summed E-state index contributed by atoms with van der Waals surface area (Å²) >= 11 is 12.9. The van der Waals surface area contributed by atoms with Crippen molar-refractivity contribution in [2.75, 3.05) is 0 Å². The number of pyridine rings is 2. The third-order valence-corrected chi connectivity index (χ3v) is 4.11. The summed E-state index contributed by atoms with van der Waals surface area (Å²) in [5.41, 5.74) is 1.55. The molecule has 0 bridgehead atoms. The van der Waals surface area contributed by atoms with Gasteiger partial charge in [0.1, 0.15) is 10.1 Å². The predicted octanol–water partition coefficient (Wildman–Crippen LogP) is 4.25. The number of rotatable bonds is 3. The molecule has 0 aliphatic heterocycles. The van der Waals surface area contributed by atoms with Gasteiger partial charge in [0.25, 0.3) is 0 Å². The zero-order valence-electron chi connectivity index (χ0n) is 10.6. The first-order valence-electron chi connectivity index (χ1n) is 5.59. The topological polar surface area (TPSA) is 63.1 Å². The molecule has 0 atom stereocenters. The zero-order valence-corrected chi connectivity index (χ0v) is 13.0. The van der Waals surface area contributed by atoms with Crippen LogP contribution in [-0.4, -0.2) is 21.0 Å². The molecule has 0 unspecified atom stereocenters. The summed E-state index contributed by atoms with van der Waals surface area (Å²) in [6.07, 6.45) is 1.46. The number of nitrogens with zero attached hydrogens (tertiary/aromatic N) is 2. The first-order chi connectivity index (χ1) is 9.38.